The number of likely N-dealkylation sites (N-methyl/N-ethyl adjacent to an activating group) is 1. The van der Waals surface area contributed by atoms with Crippen molar-refractivity contribution < 1.29 is 9.59 Å². The van der Waals surface area contributed by atoms with Gasteiger partial charge in [0.2, 0.25) is 0 Å². The number of nitrogens with zero attached hydrogens (tertiary/aromatic N) is 1. The maximum atomic E-state index is 9.58. The lowest BCUT2D eigenvalue weighted by Crippen LogP contribution is -2.47. The number of hydrogen-bond acceptors (Lipinski definition) is 1. The highest BCUT2D eigenvalue weighted by Gasteiger charge is 2.39. The minimum absolute atomic E-state index is 0.343. The fraction of sp³-hybridized carbons (Fsp3) is 1.00. The molecule has 0 saturated carbocycles. The summed E-state index contributed by atoms with van der Waals surface area (Å²) in [5.41, 5.74) is 0. The van der Waals surface area contributed by atoms with Crippen LogP contribution in [0.2, 0.25) is 0 Å². The Morgan fingerprint density at radius 2 is 2.14 bits per heavy atom. The molecule has 1 heterocycles. The Morgan fingerprint density at radius 3 is 2.57 bits per heavy atom. The number of aliphatic hydroxyl groups excluding tert-OH is 1. The number of rotatable bonds is 4. The SMILES string of the molecule is CCC1C[N+](C)(CC(O)CCl)CC1C. The highest BCUT2D eigenvalue weighted by molar-refractivity contribution is 6.18. The van der Waals surface area contributed by atoms with Crippen molar-refractivity contribution in [3.63, 3.8) is 0 Å². The molecule has 0 spiro atoms. The topological polar surface area (TPSA) is 20.2 Å². The molecule has 4 atom stereocenters. The number of likely N-dealkylation sites (tertiary alicyclic amines) is 1. The van der Waals surface area contributed by atoms with E-state index in [2.05, 4.69) is 20.9 Å². The Hall–Kier alpha value is 0.210. The van der Waals surface area contributed by atoms with Gasteiger partial charge in [-0.25, -0.2) is 0 Å². The minimum atomic E-state index is -0.343. The highest BCUT2D eigenvalue weighted by atomic mass is 35.5. The van der Waals surface area contributed by atoms with Gasteiger partial charge in [-0.15, -0.1) is 11.6 Å². The molecule has 4 unspecified atom stereocenters. The van der Waals surface area contributed by atoms with E-state index in [9.17, 15) is 5.11 Å². The molecule has 0 amide bonds. The van der Waals surface area contributed by atoms with Crippen molar-refractivity contribution in [2.45, 2.75) is 26.4 Å². The van der Waals surface area contributed by atoms with Gasteiger partial charge in [-0.05, 0) is 6.42 Å². The van der Waals surface area contributed by atoms with Gasteiger partial charge in [-0.3, -0.25) is 0 Å². The van der Waals surface area contributed by atoms with Crippen molar-refractivity contribution in [2.75, 3.05) is 32.6 Å². The third kappa shape index (κ3) is 2.85. The Kier molecular flexibility index (Phi) is 4.23. The molecule has 1 fully saturated rings. The maximum Gasteiger partial charge on any atom is 0.116 e. The van der Waals surface area contributed by atoms with E-state index in [-0.39, 0.29) is 6.10 Å². The first-order chi connectivity index (χ1) is 6.50. The lowest BCUT2D eigenvalue weighted by atomic mass is 9.96. The normalized spacial score (nSPS) is 40.1. The van der Waals surface area contributed by atoms with Crippen LogP contribution in [-0.2, 0) is 0 Å². The number of aliphatic hydroxyl groups is 1. The van der Waals surface area contributed by atoms with Gasteiger partial charge in [-0.1, -0.05) is 13.8 Å². The molecule has 1 saturated heterocycles. The molecule has 0 bridgehead atoms. The van der Waals surface area contributed by atoms with Crippen molar-refractivity contribution in [1.29, 1.82) is 0 Å². The second-order valence-corrected chi connectivity index (χ2v) is 5.43. The molecule has 3 heteroatoms. The zero-order valence-corrected chi connectivity index (χ0v) is 10.3. The van der Waals surface area contributed by atoms with E-state index in [1.54, 1.807) is 0 Å². The lowest BCUT2D eigenvalue weighted by Gasteiger charge is -2.31. The quantitative estimate of drug-likeness (QED) is 0.565. The van der Waals surface area contributed by atoms with Gasteiger partial charge < -0.3 is 9.59 Å². The Morgan fingerprint density at radius 1 is 1.50 bits per heavy atom. The van der Waals surface area contributed by atoms with Crippen LogP contribution in [0.1, 0.15) is 20.3 Å². The van der Waals surface area contributed by atoms with E-state index < -0.39 is 0 Å². The summed E-state index contributed by atoms with van der Waals surface area (Å²) in [6, 6.07) is 0. The average Bonchev–Trinajstić information content (AvgIpc) is 2.40. The standard InChI is InChI=1S/C11H23ClNO/c1-4-10-7-13(3,6-9(10)2)8-11(14)5-12/h9-11,14H,4-8H2,1-3H3/q+1. The molecule has 2 nitrogen and oxygen atoms in total. The molecule has 0 aromatic carbocycles. The third-order valence-electron chi connectivity index (χ3n) is 3.56. The van der Waals surface area contributed by atoms with Crippen molar-refractivity contribution in [2.24, 2.45) is 11.8 Å². The monoisotopic (exact) mass is 220 g/mol. The van der Waals surface area contributed by atoms with Crippen LogP contribution in [0.3, 0.4) is 0 Å². The summed E-state index contributed by atoms with van der Waals surface area (Å²) in [7, 11) is 2.24. The van der Waals surface area contributed by atoms with E-state index in [0.717, 1.165) is 22.9 Å². The Balaban J connectivity index is 2.51. The van der Waals surface area contributed by atoms with Gasteiger partial charge in [0, 0.05) is 11.8 Å². The molecular formula is C11H23ClNO+. The summed E-state index contributed by atoms with van der Waals surface area (Å²) < 4.78 is 0.994. The van der Waals surface area contributed by atoms with Crippen LogP contribution >= 0.6 is 11.6 Å². The Bertz CT molecular complexity index is 184. The number of hydrogen-bond donors (Lipinski definition) is 1. The van der Waals surface area contributed by atoms with E-state index >= 15 is 0 Å². The summed E-state index contributed by atoms with van der Waals surface area (Å²) in [5, 5.41) is 9.58. The van der Waals surface area contributed by atoms with Crippen LogP contribution in [0.25, 0.3) is 0 Å². The number of alkyl halides is 1. The summed E-state index contributed by atoms with van der Waals surface area (Å²) in [6.07, 6.45) is 0.913. The van der Waals surface area contributed by atoms with Crippen molar-refractivity contribution in [3.05, 3.63) is 0 Å². The zero-order chi connectivity index (χ0) is 10.8. The highest BCUT2D eigenvalue weighted by Crippen LogP contribution is 2.30. The summed E-state index contributed by atoms with van der Waals surface area (Å²) in [4.78, 5) is 0. The smallest absolute Gasteiger partial charge is 0.116 e. The van der Waals surface area contributed by atoms with Crippen LogP contribution < -0.4 is 0 Å². The maximum absolute atomic E-state index is 9.58. The van der Waals surface area contributed by atoms with E-state index in [1.807, 2.05) is 0 Å². The van der Waals surface area contributed by atoms with Crippen LogP contribution in [0.15, 0.2) is 0 Å². The third-order valence-corrected chi connectivity index (χ3v) is 3.92. The lowest BCUT2D eigenvalue weighted by molar-refractivity contribution is -0.903. The fourth-order valence-corrected chi connectivity index (χ4v) is 3.00. The molecule has 84 valence electrons. The average molecular weight is 221 g/mol. The number of quaternary nitrogens is 1. The first kappa shape index (κ1) is 12.3. The van der Waals surface area contributed by atoms with E-state index in [1.165, 1.54) is 19.5 Å². The van der Waals surface area contributed by atoms with Crippen molar-refractivity contribution in [1.82, 2.24) is 0 Å². The van der Waals surface area contributed by atoms with Crippen LogP contribution in [-0.4, -0.2) is 48.3 Å². The zero-order valence-electron chi connectivity index (χ0n) is 9.54. The fourth-order valence-electron chi connectivity index (χ4n) is 2.90. The van der Waals surface area contributed by atoms with Crippen molar-refractivity contribution >= 4 is 11.6 Å². The largest absolute Gasteiger partial charge is 0.386 e. The van der Waals surface area contributed by atoms with Crippen molar-refractivity contribution in [3.8, 4) is 0 Å². The molecule has 1 N–H and O–H groups in total. The van der Waals surface area contributed by atoms with Crippen LogP contribution in [0.4, 0.5) is 0 Å². The summed E-state index contributed by atoms with van der Waals surface area (Å²) in [5.74, 6) is 1.97. The summed E-state index contributed by atoms with van der Waals surface area (Å²) >= 11 is 5.64. The molecule has 1 rings (SSSR count). The first-order valence-corrected chi connectivity index (χ1v) is 6.11. The predicted octanol–water partition coefficient (Wildman–Crippen LogP) is 1.71. The van der Waals surface area contributed by atoms with Gasteiger partial charge in [0.1, 0.15) is 12.6 Å². The first-order valence-electron chi connectivity index (χ1n) is 5.58. The second-order valence-electron chi connectivity index (χ2n) is 5.12. The van der Waals surface area contributed by atoms with E-state index in [0.29, 0.717) is 5.88 Å². The Labute approximate surface area is 92.5 Å². The predicted molar refractivity (Wildman–Crippen MR) is 60.5 cm³/mol. The van der Waals surface area contributed by atoms with Gasteiger partial charge in [0.25, 0.3) is 0 Å². The molecule has 0 aromatic heterocycles. The molecule has 1 aliphatic heterocycles. The van der Waals surface area contributed by atoms with Gasteiger partial charge in [0.15, 0.2) is 0 Å². The van der Waals surface area contributed by atoms with Crippen LogP contribution in [0, 0.1) is 11.8 Å². The van der Waals surface area contributed by atoms with Gasteiger partial charge >= 0.3 is 0 Å². The molecule has 0 aliphatic carbocycles. The van der Waals surface area contributed by atoms with Crippen LogP contribution in [0.5, 0.6) is 0 Å². The molecule has 14 heavy (non-hydrogen) atoms. The molecule has 1 aliphatic rings. The molecule has 0 radical (unpaired) electrons. The second kappa shape index (κ2) is 4.82. The number of halogens is 1. The van der Waals surface area contributed by atoms with E-state index in [4.69, 9.17) is 11.6 Å². The van der Waals surface area contributed by atoms with Gasteiger partial charge in [0.05, 0.1) is 26.0 Å². The molecule has 0 aromatic rings. The minimum Gasteiger partial charge on any atom is -0.386 e. The molecular weight excluding hydrogens is 198 g/mol. The van der Waals surface area contributed by atoms with Gasteiger partial charge in [-0.2, -0.15) is 0 Å². The summed E-state index contributed by atoms with van der Waals surface area (Å²) in [6.45, 7) is 7.78.